The minimum Gasteiger partial charge on any atom is -0.383 e. The summed E-state index contributed by atoms with van der Waals surface area (Å²) in [6.07, 6.45) is 2.96. The molecule has 0 spiro atoms. The molecule has 7 heteroatoms. The number of nitrogens with one attached hydrogen (secondary N) is 1. The molecule has 0 fully saturated rings. The SMILES string of the molecule is COCCn1nc(C)c(Nc2cnc(C#N)cn2)c1C. The van der Waals surface area contributed by atoms with Crippen LogP contribution in [0, 0.1) is 25.2 Å². The quantitative estimate of drug-likeness (QED) is 0.888. The van der Waals surface area contributed by atoms with Gasteiger partial charge in [0.1, 0.15) is 11.9 Å². The molecule has 0 radical (unpaired) electrons. The van der Waals surface area contributed by atoms with Gasteiger partial charge in [-0.15, -0.1) is 0 Å². The van der Waals surface area contributed by atoms with Crippen LogP contribution in [0.15, 0.2) is 12.4 Å². The predicted octanol–water partition coefficient (Wildman–Crippen LogP) is 1.55. The smallest absolute Gasteiger partial charge is 0.158 e. The lowest BCUT2D eigenvalue weighted by Gasteiger charge is -2.06. The Morgan fingerprint density at radius 2 is 2.15 bits per heavy atom. The first-order chi connectivity index (χ1) is 9.65. The summed E-state index contributed by atoms with van der Waals surface area (Å²) < 4.78 is 6.95. The third-order valence-corrected chi connectivity index (χ3v) is 2.91. The van der Waals surface area contributed by atoms with Gasteiger partial charge in [0.25, 0.3) is 0 Å². The van der Waals surface area contributed by atoms with Crippen molar-refractivity contribution in [2.45, 2.75) is 20.4 Å². The van der Waals surface area contributed by atoms with E-state index in [-0.39, 0.29) is 0 Å². The Bertz CT molecular complexity index is 626. The van der Waals surface area contributed by atoms with Crippen molar-refractivity contribution >= 4 is 11.5 Å². The molecule has 2 rings (SSSR count). The van der Waals surface area contributed by atoms with E-state index in [9.17, 15) is 0 Å². The first-order valence-corrected chi connectivity index (χ1v) is 6.17. The highest BCUT2D eigenvalue weighted by Gasteiger charge is 2.12. The van der Waals surface area contributed by atoms with Crippen LogP contribution in [0.25, 0.3) is 0 Å². The molecule has 0 aliphatic rings. The van der Waals surface area contributed by atoms with Crippen LogP contribution in [0.3, 0.4) is 0 Å². The Balaban J connectivity index is 2.20. The average molecular weight is 272 g/mol. The number of aromatic nitrogens is 4. The number of hydrogen-bond acceptors (Lipinski definition) is 6. The van der Waals surface area contributed by atoms with Crippen molar-refractivity contribution in [3.05, 3.63) is 29.5 Å². The van der Waals surface area contributed by atoms with E-state index in [4.69, 9.17) is 10.00 Å². The molecular weight excluding hydrogens is 256 g/mol. The maximum Gasteiger partial charge on any atom is 0.158 e. The van der Waals surface area contributed by atoms with Crippen molar-refractivity contribution in [1.82, 2.24) is 19.7 Å². The zero-order valence-corrected chi connectivity index (χ0v) is 11.7. The molecule has 0 saturated heterocycles. The van der Waals surface area contributed by atoms with E-state index in [1.54, 1.807) is 7.11 Å². The fourth-order valence-corrected chi connectivity index (χ4v) is 1.85. The Labute approximate surface area is 117 Å². The maximum atomic E-state index is 8.69. The fraction of sp³-hybridized carbons (Fsp3) is 0.385. The highest BCUT2D eigenvalue weighted by molar-refractivity contribution is 5.61. The summed E-state index contributed by atoms with van der Waals surface area (Å²) in [5.41, 5.74) is 3.08. The molecule has 104 valence electrons. The third kappa shape index (κ3) is 2.92. The van der Waals surface area contributed by atoms with Crippen LogP contribution in [0.2, 0.25) is 0 Å². The van der Waals surface area contributed by atoms with Gasteiger partial charge in [-0.25, -0.2) is 9.97 Å². The van der Waals surface area contributed by atoms with Crippen LogP contribution in [-0.4, -0.2) is 33.5 Å². The van der Waals surface area contributed by atoms with Gasteiger partial charge in [-0.3, -0.25) is 4.68 Å². The molecule has 7 nitrogen and oxygen atoms in total. The van der Waals surface area contributed by atoms with Gasteiger partial charge in [0.15, 0.2) is 5.69 Å². The van der Waals surface area contributed by atoms with Gasteiger partial charge in [0.2, 0.25) is 0 Å². The van der Waals surface area contributed by atoms with Crippen molar-refractivity contribution in [3.8, 4) is 6.07 Å². The zero-order chi connectivity index (χ0) is 14.5. The fourth-order valence-electron chi connectivity index (χ4n) is 1.85. The first-order valence-electron chi connectivity index (χ1n) is 6.17. The number of rotatable bonds is 5. The minimum atomic E-state index is 0.291. The van der Waals surface area contributed by atoms with E-state index < -0.39 is 0 Å². The van der Waals surface area contributed by atoms with Gasteiger partial charge in [0, 0.05) is 7.11 Å². The topological polar surface area (TPSA) is 88.6 Å². The number of hydrogen-bond donors (Lipinski definition) is 1. The van der Waals surface area contributed by atoms with Crippen molar-refractivity contribution in [1.29, 1.82) is 5.26 Å². The zero-order valence-electron chi connectivity index (χ0n) is 11.7. The van der Waals surface area contributed by atoms with Crippen molar-refractivity contribution in [2.24, 2.45) is 0 Å². The molecular formula is C13H16N6O. The summed E-state index contributed by atoms with van der Waals surface area (Å²) in [5, 5.41) is 16.3. The second-order valence-electron chi connectivity index (χ2n) is 4.29. The lowest BCUT2D eigenvalue weighted by Crippen LogP contribution is -2.07. The highest BCUT2D eigenvalue weighted by atomic mass is 16.5. The summed E-state index contributed by atoms with van der Waals surface area (Å²) in [7, 11) is 1.66. The summed E-state index contributed by atoms with van der Waals surface area (Å²) in [5.74, 6) is 0.585. The van der Waals surface area contributed by atoms with E-state index in [0.29, 0.717) is 24.7 Å². The Morgan fingerprint density at radius 1 is 1.35 bits per heavy atom. The molecule has 0 atom stereocenters. The van der Waals surface area contributed by atoms with Crippen LogP contribution < -0.4 is 5.32 Å². The molecule has 0 aliphatic carbocycles. The van der Waals surface area contributed by atoms with Crippen LogP contribution in [0.5, 0.6) is 0 Å². The van der Waals surface area contributed by atoms with Crippen molar-refractivity contribution in [3.63, 3.8) is 0 Å². The minimum absolute atomic E-state index is 0.291. The Hall–Kier alpha value is -2.46. The van der Waals surface area contributed by atoms with Gasteiger partial charge in [-0.05, 0) is 13.8 Å². The van der Waals surface area contributed by atoms with Gasteiger partial charge >= 0.3 is 0 Å². The molecule has 0 aliphatic heterocycles. The second-order valence-corrected chi connectivity index (χ2v) is 4.29. The van der Waals surface area contributed by atoms with Gasteiger partial charge in [-0.2, -0.15) is 10.4 Å². The molecule has 0 amide bonds. The molecule has 2 heterocycles. The number of ether oxygens (including phenoxy) is 1. The summed E-state index contributed by atoms with van der Waals surface area (Å²) in [6.45, 7) is 5.22. The monoisotopic (exact) mass is 272 g/mol. The number of methoxy groups -OCH3 is 1. The van der Waals surface area contributed by atoms with Crippen LogP contribution in [0.4, 0.5) is 11.5 Å². The van der Waals surface area contributed by atoms with Crippen molar-refractivity contribution < 1.29 is 4.74 Å². The molecule has 0 unspecified atom stereocenters. The van der Waals surface area contributed by atoms with E-state index in [2.05, 4.69) is 20.4 Å². The van der Waals surface area contributed by atoms with E-state index in [1.165, 1.54) is 12.4 Å². The molecule has 0 aromatic carbocycles. The number of nitriles is 1. The predicted molar refractivity (Wildman–Crippen MR) is 73.6 cm³/mol. The van der Waals surface area contributed by atoms with Crippen LogP contribution in [-0.2, 0) is 11.3 Å². The molecule has 20 heavy (non-hydrogen) atoms. The molecule has 0 saturated carbocycles. The number of anilines is 2. The third-order valence-electron chi connectivity index (χ3n) is 2.91. The summed E-state index contributed by atoms with van der Waals surface area (Å²) in [4.78, 5) is 8.12. The van der Waals surface area contributed by atoms with E-state index >= 15 is 0 Å². The molecule has 2 aromatic heterocycles. The highest BCUT2D eigenvalue weighted by Crippen LogP contribution is 2.22. The largest absolute Gasteiger partial charge is 0.383 e. The van der Waals surface area contributed by atoms with Crippen LogP contribution in [0.1, 0.15) is 17.1 Å². The Kier molecular flexibility index (Phi) is 4.27. The summed E-state index contributed by atoms with van der Waals surface area (Å²) in [6, 6.07) is 1.94. The van der Waals surface area contributed by atoms with Crippen molar-refractivity contribution in [2.75, 3.05) is 19.0 Å². The van der Waals surface area contributed by atoms with Gasteiger partial charge in [-0.1, -0.05) is 0 Å². The average Bonchev–Trinajstić information content (AvgIpc) is 2.73. The van der Waals surface area contributed by atoms with Crippen LogP contribution >= 0.6 is 0 Å². The standard InChI is InChI=1S/C13H16N6O/c1-9-13(10(2)19(18-9)4-5-20-3)17-12-8-15-11(6-14)7-16-12/h7-8H,4-5H2,1-3H3,(H,16,17). The lowest BCUT2D eigenvalue weighted by atomic mass is 10.3. The summed E-state index contributed by atoms with van der Waals surface area (Å²) >= 11 is 0. The maximum absolute atomic E-state index is 8.69. The van der Waals surface area contributed by atoms with E-state index in [1.807, 2.05) is 24.6 Å². The lowest BCUT2D eigenvalue weighted by molar-refractivity contribution is 0.182. The van der Waals surface area contributed by atoms with E-state index in [0.717, 1.165) is 17.1 Å². The number of nitrogens with zero attached hydrogens (tertiary/aromatic N) is 5. The number of aryl methyl sites for hydroxylation is 1. The molecule has 1 N–H and O–H groups in total. The van der Waals surface area contributed by atoms with Gasteiger partial charge < -0.3 is 10.1 Å². The Morgan fingerprint density at radius 3 is 2.75 bits per heavy atom. The second kappa shape index (κ2) is 6.12. The molecule has 2 aromatic rings. The normalized spacial score (nSPS) is 10.3. The van der Waals surface area contributed by atoms with Gasteiger partial charge in [0.05, 0.1) is 42.6 Å². The molecule has 0 bridgehead atoms. The first kappa shape index (κ1) is 14.0.